The maximum absolute atomic E-state index is 10.8. The van der Waals surface area contributed by atoms with E-state index in [2.05, 4.69) is 0 Å². The average Bonchev–Trinajstić information content (AvgIpc) is 2.50. The lowest BCUT2D eigenvalue weighted by molar-refractivity contribution is -0.265. The molecule has 1 saturated heterocycles. The molecule has 4 N–H and O–H groups in total. The summed E-state index contributed by atoms with van der Waals surface area (Å²) in [6, 6.07) is 6.39. The molecule has 1 aromatic carbocycles. The molecule has 1 aromatic rings. The fourth-order valence-electron chi connectivity index (χ4n) is 3.27. The van der Waals surface area contributed by atoms with Gasteiger partial charge in [-0.1, -0.05) is 12.1 Å². The van der Waals surface area contributed by atoms with Gasteiger partial charge in [-0.3, -0.25) is 4.79 Å². The lowest BCUT2D eigenvalue weighted by Gasteiger charge is -2.52. The second-order valence-corrected chi connectivity index (χ2v) is 7.72. The summed E-state index contributed by atoms with van der Waals surface area (Å²) < 4.78 is 6.09. The van der Waals surface area contributed by atoms with E-state index in [-0.39, 0.29) is 18.1 Å². The van der Waals surface area contributed by atoms with Crippen molar-refractivity contribution < 1.29 is 19.8 Å². The van der Waals surface area contributed by atoms with Crippen molar-refractivity contribution in [1.29, 1.82) is 0 Å². The van der Waals surface area contributed by atoms with Crippen LogP contribution in [0.5, 0.6) is 5.75 Å². The van der Waals surface area contributed by atoms with Crippen LogP contribution in [0.3, 0.4) is 0 Å². The molecule has 0 amide bonds. The Morgan fingerprint density at radius 1 is 1.33 bits per heavy atom. The molecule has 2 rings (SSSR count). The van der Waals surface area contributed by atoms with E-state index in [1.54, 1.807) is 0 Å². The third-order valence-electron chi connectivity index (χ3n) is 4.90. The molecule has 1 unspecified atom stereocenters. The van der Waals surface area contributed by atoms with Gasteiger partial charge < -0.3 is 20.8 Å². The predicted octanol–water partition coefficient (Wildman–Crippen LogP) is 2.43. The van der Waals surface area contributed by atoms with Crippen LogP contribution in [-0.4, -0.2) is 44.6 Å². The van der Waals surface area contributed by atoms with E-state index >= 15 is 0 Å². The minimum absolute atomic E-state index is 0.136. The highest BCUT2D eigenvalue weighted by atomic mass is 16.5. The van der Waals surface area contributed by atoms with Crippen LogP contribution in [0.15, 0.2) is 24.3 Å². The Hall–Kier alpha value is -1.63. The molecule has 0 saturated carbocycles. The maximum atomic E-state index is 10.8. The van der Waals surface area contributed by atoms with Crippen LogP contribution in [0.25, 0.3) is 0 Å². The Kier molecular flexibility index (Phi) is 5.22. The van der Waals surface area contributed by atoms with E-state index in [9.17, 15) is 10.0 Å². The number of rotatable bonds is 5. The zero-order valence-electron chi connectivity index (χ0n) is 14.8. The maximum Gasteiger partial charge on any atom is 0.320 e. The number of carbonyl (C=O) groups is 1. The van der Waals surface area contributed by atoms with Crippen LogP contribution in [0.4, 0.5) is 0 Å². The molecule has 134 valence electrons. The Balaban J connectivity index is 2.05. The topological polar surface area (TPSA) is 96.0 Å². The van der Waals surface area contributed by atoms with Crippen molar-refractivity contribution in [2.45, 2.75) is 70.2 Å². The number of carboxylic acid groups (broad SMARTS) is 1. The second kappa shape index (κ2) is 6.70. The number of hydrogen-bond acceptors (Lipinski definition) is 5. The minimum atomic E-state index is -1.01. The van der Waals surface area contributed by atoms with Crippen LogP contribution >= 0.6 is 0 Å². The molecule has 1 aliphatic heterocycles. The number of piperidine rings is 1. The molecular formula is C18H28N2O4. The van der Waals surface area contributed by atoms with Gasteiger partial charge >= 0.3 is 5.97 Å². The van der Waals surface area contributed by atoms with Gasteiger partial charge in [0.05, 0.1) is 5.54 Å². The fourth-order valence-corrected chi connectivity index (χ4v) is 3.27. The smallest absolute Gasteiger partial charge is 0.320 e. The summed E-state index contributed by atoms with van der Waals surface area (Å²) in [5.74, 6) is -0.307. The highest BCUT2D eigenvalue weighted by Crippen LogP contribution is 2.38. The quantitative estimate of drug-likeness (QED) is 0.764. The van der Waals surface area contributed by atoms with Crippen molar-refractivity contribution in [2.75, 3.05) is 0 Å². The first kappa shape index (κ1) is 18.7. The molecule has 0 bridgehead atoms. The van der Waals surface area contributed by atoms with Crippen LogP contribution in [0, 0.1) is 0 Å². The summed E-state index contributed by atoms with van der Waals surface area (Å²) in [5, 5.41) is 20.8. The number of aliphatic carboxylic acids is 1. The van der Waals surface area contributed by atoms with Crippen LogP contribution in [0.1, 0.15) is 46.1 Å². The number of hydroxylamine groups is 2. The zero-order chi connectivity index (χ0) is 18.1. The fraction of sp³-hybridized carbons (Fsp3) is 0.611. The van der Waals surface area contributed by atoms with Crippen molar-refractivity contribution in [3.63, 3.8) is 0 Å². The highest BCUT2D eigenvalue weighted by Gasteiger charge is 2.48. The van der Waals surface area contributed by atoms with E-state index in [1.165, 1.54) is 5.06 Å². The monoisotopic (exact) mass is 336 g/mol. The van der Waals surface area contributed by atoms with Gasteiger partial charge in [0.15, 0.2) is 0 Å². The Morgan fingerprint density at radius 2 is 1.92 bits per heavy atom. The zero-order valence-corrected chi connectivity index (χ0v) is 14.8. The largest absolute Gasteiger partial charge is 0.488 e. The summed E-state index contributed by atoms with van der Waals surface area (Å²) >= 11 is 0. The Labute approximate surface area is 143 Å². The van der Waals surface area contributed by atoms with Gasteiger partial charge in [-0.2, -0.15) is 5.06 Å². The molecule has 24 heavy (non-hydrogen) atoms. The third-order valence-corrected chi connectivity index (χ3v) is 4.90. The molecule has 2 atom stereocenters. The summed E-state index contributed by atoms with van der Waals surface area (Å²) in [5.41, 5.74) is 5.61. The summed E-state index contributed by atoms with van der Waals surface area (Å²) in [7, 11) is 0. The van der Waals surface area contributed by atoms with E-state index in [0.29, 0.717) is 5.75 Å². The first-order valence-corrected chi connectivity index (χ1v) is 8.27. The second-order valence-electron chi connectivity index (χ2n) is 7.72. The number of carboxylic acids is 1. The molecule has 0 radical (unpaired) electrons. The molecule has 0 spiro atoms. The van der Waals surface area contributed by atoms with E-state index in [1.807, 2.05) is 52.0 Å². The molecular weight excluding hydrogens is 308 g/mol. The van der Waals surface area contributed by atoms with Gasteiger partial charge in [0.1, 0.15) is 17.9 Å². The Morgan fingerprint density at radius 3 is 2.46 bits per heavy atom. The SMILES string of the molecule is CC1(C)CCC(Oc2ccc(C[C@H](N)C(=O)O)cc2)C(C)(C)N1O. The van der Waals surface area contributed by atoms with Crippen LogP contribution in [-0.2, 0) is 11.2 Å². The summed E-state index contributed by atoms with van der Waals surface area (Å²) in [4.78, 5) is 10.8. The number of nitrogens with zero attached hydrogens (tertiary/aromatic N) is 1. The van der Waals surface area contributed by atoms with Gasteiger partial charge in [0, 0.05) is 5.54 Å². The Bertz CT molecular complexity index is 583. The van der Waals surface area contributed by atoms with Gasteiger partial charge in [-0.05, 0) is 64.7 Å². The molecule has 6 nitrogen and oxygen atoms in total. The van der Waals surface area contributed by atoms with Gasteiger partial charge in [0.2, 0.25) is 0 Å². The van der Waals surface area contributed by atoms with Crippen LogP contribution < -0.4 is 10.5 Å². The van der Waals surface area contributed by atoms with Crippen molar-refractivity contribution in [1.82, 2.24) is 5.06 Å². The number of hydrogen-bond donors (Lipinski definition) is 3. The average molecular weight is 336 g/mol. The van der Waals surface area contributed by atoms with Gasteiger partial charge in [-0.25, -0.2) is 0 Å². The molecule has 6 heteroatoms. The molecule has 1 heterocycles. The first-order chi connectivity index (χ1) is 11.0. The number of nitrogens with two attached hydrogens (primary N) is 1. The van der Waals surface area contributed by atoms with Crippen molar-refractivity contribution in [3.05, 3.63) is 29.8 Å². The van der Waals surface area contributed by atoms with Gasteiger partial charge in [0.25, 0.3) is 0 Å². The lowest BCUT2D eigenvalue weighted by Crippen LogP contribution is -2.64. The van der Waals surface area contributed by atoms with E-state index in [4.69, 9.17) is 15.6 Å². The molecule has 1 fully saturated rings. The minimum Gasteiger partial charge on any atom is -0.488 e. The summed E-state index contributed by atoms with van der Waals surface area (Å²) in [6.45, 7) is 7.98. The van der Waals surface area contributed by atoms with E-state index < -0.39 is 17.6 Å². The number of ether oxygens (including phenoxy) is 1. The lowest BCUT2D eigenvalue weighted by atomic mass is 9.80. The third kappa shape index (κ3) is 3.88. The molecule has 0 aromatic heterocycles. The molecule has 0 aliphatic carbocycles. The first-order valence-electron chi connectivity index (χ1n) is 8.27. The van der Waals surface area contributed by atoms with Crippen LogP contribution in [0.2, 0.25) is 0 Å². The summed E-state index contributed by atoms with van der Waals surface area (Å²) in [6.07, 6.45) is 1.83. The van der Waals surface area contributed by atoms with Crippen molar-refractivity contribution in [3.8, 4) is 5.75 Å². The standard InChI is InChI=1S/C18H28N2O4/c1-17(2)10-9-15(18(3,4)20(17)23)24-13-7-5-12(6-8-13)11-14(19)16(21)22/h5-8,14-15,23H,9-11,19H2,1-4H3,(H,21,22)/t14-,15?/m0/s1. The predicted molar refractivity (Wildman–Crippen MR) is 91.2 cm³/mol. The molecule has 1 aliphatic rings. The highest BCUT2D eigenvalue weighted by molar-refractivity contribution is 5.73. The van der Waals surface area contributed by atoms with E-state index in [0.717, 1.165) is 18.4 Å². The van der Waals surface area contributed by atoms with Crippen molar-refractivity contribution in [2.24, 2.45) is 5.73 Å². The van der Waals surface area contributed by atoms with Crippen molar-refractivity contribution >= 4 is 5.97 Å². The number of benzene rings is 1. The normalized spacial score (nSPS) is 24.3. The van der Waals surface area contributed by atoms with Gasteiger partial charge in [-0.15, -0.1) is 0 Å².